The molecule has 0 atom stereocenters. The number of para-hydroxylation sites is 1. The summed E-state index contributed by atoms with van der Waals surface area (Å²) in [6.45, 7) is 1.94. The number of ether oxygens (including phenoxy) is 2. The van der Waals surface area contributed by atoms with E-state index < -0.39 is 0 Å². The third-order valence-electron chi connectivity index (χ3n) is 4.20. The van der Waals surface area contributed by atoms with Crippen LogP contribution in [-0.2, 0) is 17.9 Å². The second-order valence-electron chi connectivity index (χ2n) is 6.56. The lowest BCUT2D eigenvalue weighted by atomic mass is 10.2. The van der Waals surface area contributed by atoms with Gasteiger partial charge in [-0.15, -0.1) is 0 Å². The number of hydrogen-bond donors (Lipinski definition) is 1. The number of benzene rings is 2. The van der Waals surface area contributed by atoms with E-state index in [4.69, 9.17) is 9.47 Å². The van der Waals surface area contributed by atoms with E-state index in [0.29, 0.717) is 26.4 Å². The zero-order valence-electron chi connectivity index (χ0n) is 16.5. The smallest absolute Gasteiger partial charge is 0.321 e. The molecule has 3 rings (SSSR count). The van der Waals surface area contributed by atoms with E-state index in [1.807, 2.05) is 66.7 Å². The highest BCUT2D eigenvalue weighted by atomic mass is 16.5. The molecule has 0 unspecified atom stereocenters. The molecule has 0 aliphatic heterocycles. The van der Waals surface area contributed by atoms with Gasteiger partial charge in [0.2, 0.25) is 0 Å². The molecule has 1 heterocycles. The van der Waals surface area contributed by atoms with Gasteiger partial charge in [0.15, 0.2) is 0 Å². The number of hydrogen-bond acceptors (Lipinski definition) is 4. The Balaban J connectivity index is 1.42. The Morgan fingerprint density at radius 2 is 1.76 bits per heavy atom. The number of urea groups is 1. The average Bonchev–Trinajstić information content (AvgIpc) is 2.75. The fourth-order valence-electron chi connectivity index (χ4n) is 2.72. The topological polar surface area (TPSA) is 63.7 Å². The highest BCUT2D eigenvalue weighted by Crippen LogP contribution is 2.13. The van der Waals surface area contributed by atoms with Crippen LogP contribution in [0.25, 0.3) is 0 Å². The first-order valence-corrected chi connectivity index (χ1v) is 9.46. The Hall–Kier alpha value is -3.38. The molecule has 1 aromatic heterocycles. The summed E-state index contributed by atoms with van der Waals surface area (Å²) in [4.78, 5) is 18.0. The minimum atomic E-state index is -0.170. The van der Waals surface area contributed by atoms with Gasteiger partial charge in [0.25, 0.3) is 0 Å². The van der Waals surface area contributed by atoms with Crippen LogP contribution in [0.1, 0.15) is 11.1 Å². The summed E-state index contributed by atoms with van der Waals surface area (Å²) in [6.07, 6.45) is 3.44. The largest absolute Gasteiger partial charge is 0.491 e. The van der Waals surface area contributed by atoms with Crippen LogP contribution in [0.2, 0.25) is 0 Å². The molecule has 3 aromatic rings. The Morgan fingerprint density at radius 1 is 0.966 bits per heavy atom. The van der Waals surface area contributed by atoms with Crippen molar-refractivity contribution in [3.05, 3.63) is 90.3 Å². The van der Waals surface area contributed by atoms with E-state index in [1.165, 1.54) is 0 Å². The molecule has 0 aliphatic rings. The van der Waals surface area contributed by atoms with Gasteiger partial charge in [-0.3, -0.25) is 4.98 Å². The maximum atomic E-state index is 12.4. The number of nitrogens with zero attached hydrogens (tertiary/aromatic N) is 2. The van der Waals surface area contributed by atoms with Gasteiger partial charge in [-0.2, -0.15) is 0 Å². The van der Waals surface area contributed by atoms with Gasteiger partial charge < -0.3 is 19.7 Å². The summed E-state index contributed by atoms with van der Waals surface area (Å²) in [7, 11) is 1.76. The van der Waals surface area contributed by atoms with E-state index in [-0.39, 0.29) is 6.03 Å². The number of aromatic nitrogens is 1. The predicted molar refractivity (Wildman–Crippen MR) is 113 cm³/mol. The van der Waals surface area contributed by atoms with E-state index in [1.54, 1.807) is 24.3 Å². The van der Waals surface area contributed by atoms with Gasteiger partial charge in [-0.05, 0) is 47.5 Å². The maximum Gasteiger partial charge on any atom is 0.321 e. The van der Waals surface area contributed by atoms with Crippen molar-refractivity contribution < 1.29 is 14.3 Å². The lowest BCUT2D eigenvalue weighted by Gasteiger charge is -2.18. The van der Waals surface area contributed by atoms with Crippen LogP contribution in [0.3, 0.4) is 0 Å². The Kier molecular flexibility index (Phi) is 7.60. The van der Waals surface area contributed by atoms with Crippen molar-refractivity contribution in [2.45, 2.75) is 13.2 Å². The van der Waals surface area contributed by atoms with Gasteiger partial charge in [0, 0.05) is 31.7 Å². The molecular weight excluding hydrogens is 366 g/mol. The molecule has 6 heteroatoms. The second kappa shape index (κ2) is 10.8. The molecule has 6 nitrogen and oxygen atoms in total. The van der Waals surface area contributed by atoms with Crippen molar-refractivity contribution >= 4 is 11.7 Å². The molecule has 0 radical (unpaired) electrons. The van der Waals surface area contributed by atoms with Crippen LogP contribution in [0.5, 0.6) is 5.75 Å². The molecule has 1 N–H and O–H groups in total. The fraction of sp³-hybridized carbons (Fsp3) is 0.217. The van der Waals surface area contributed by atoms with Crippen molar-refractivity contribution in [3.8, 4) is 5.75 Å². The van der Waals surface area contributed by atoms with E-state index >= 15 is 0 Å². The number of rotatable bonds is 9. The van der Waals surface area contributed by atoms with Crippen LogP contribution in [0.15, 0.2) is 79.1 Å². The summed E-state index contributed by atoms with van der Waals surface area (Å²) in [5.74, 6) is 0.830. The summed E-state index contributed by atoms with van der Waals surface area (Å²) in [6, 6.07) is 20.9. The number of amides is 2. The van der Waals surface area contributed by atoms with Crippen molar-refractivity contribution in [3.63, 3.8) is 0 Å². The highest BCUT2D eigenvalue weighted by molar-refractivity contribution is 5.89. The van der Waals surface area contributed by atoms with Gasteiger partial charge in [-0.25, -0.2) is 4.79 Å². The molecule has 0 fully saturated rings. The Morgan fingerprint density at radius 3 is 2.55 bits per heavy atom. The minimum Gasteiger partial charge on any atom is -0.491 e. The van der Waals surface area contributed by atoms with Crippen LogP contribution < -0.4 is 10.1 Å². The lowest BCUT2D eigenvalue weighted by Crippen LogP contribution is -2.30. The summed E-state index contributed by atoms with van der Waals surface area (Å²) >= 11 is 0. The van der Waals surface area contributed by atoms with Gasteiger partial charge in [0.1, 0.15) is 12.4 Å². The summed E-state index contributed by atoms with van der Waals surface area (Å²) in [5.41, 5.74) is 2.75. The molecule has 2 aromatic carbocycles. The Bertz CT molecular complexity index is 888. The first-order chi connectivity index (χ1) is 14.2. The third kappa shape index (κ3) is 6.93. The molecule has 2 amide bonds. The average molecular weight is 391 g/mol. The van der Waals surface area contributed by atoms with Crippen molar-refractivity contribution in [1.82, 2.24) is 9.88 Å². The van der Waals surface area contributed by atoms with Crippen LogP contribution in [0, 0.1) is 0 Å². The standard InChI is InChI=1S/C23H25N3O3/c1-26(17-19-10-12-24-13-11-19)23(27)25-21-7-5-6-20(16-21)18-28-14-15-29-22-8-3-2-4-9-22/h2-13,16H,14-15,17-18H2,1H3,(H,25,27). The number of nitrogens with one attached hydrogen (secondary N) is 1. The van der Waals surface area contributed by atoms with Crippen molar-refractivity contribution in [2.24, 2.45) is 0 Å². The predicted octanol–water partition coefficient (Wildman–Crippen LogP) is 4.34. The van der Waals surface area contributed by atoms with Crippen LogP contribution in [-0.4, -0.2) is 36.2 Å². The molecule has 0 aliphatic carbocycles. The molecule has 0 saturated heterocycles. The number of carbonyl (C=O) groups is 1. The molecule has 0 bridgehead atoms. The number of pyridine rings is 1. The van der Waals surface area contributed by atoms with Crippen LogP contribution >= 0.6 is 0 Å². The highest BCUT2D eigenvalue weighted by Gasteiger charge is 2.09. The third-order valence-corrected chi connectivity index (χ3v) is 4.20. The van der Waals surface area contributed by atoms with Crippen molar-refractivity contribution in [2.75, 3.05) is 25.6 Å². The SMILES string of the molecule is CN(Cc1ccncc1)C(=O)Nc1cccc(COCCOc2ccccc2)c1. The normalized spacial score (nSPS) is 10.4. The molecule has 0 saturated carbocycles. The first-order valence-electron chi connectivity index (χ1n) is 9.46. The minimum absolute atomic E-state index is 0.170. The molecule has 29 heavy (non-hydrogen) atoms. The zero-order valence-corrected chi connectivity index (χ0v) is 16.5. The lowest BCUT2D eigenvalue weighted by molar-refractivity contribution is 0.0889. The van der Waals surface area contributed by atoms with Crippen molar-refractivity contribution in [1.29, 1.82) is 0 Å². The summed E-state index contributed by atoms with van der Waals surface area (Å²) < 4.78 is 11.3. The van der Waals surface area contributed by atoms with Crippen LogP contribution in [0.4, 0.5) is 10.5 Å². The van der Waals surface area contributed by atoms with Gasteiger partial charge >= 0.3 is 6.03 Å². The quantitative estimate of drug-likeness (QED) is 0.551. The first kappa shape index (κ1) is 20.4. The second-order valence-corrected chi connectivity index (χ2v) is 6.56. The number of anilines is 1. The maximum absolute atomic E-state index is 12.4. The fourth-order valence-corrected chi connectivity index (χ4v) is 2.72. The summed E-state index contributed by atoms with van der Waals surface area (Å²) in [5, 5.41) is 2.92. The number of carbonyl (C=O) groups excluding carboxylic acids is 1. The van der Waals surface area contributed by atoms with E-state index in [0.717, 1.165) is 22.6 Å². The van der Waals surface area contributed by atoms with Gasteiger partial charge in [0.05, 0.1) is 13.2 Å². The molecule has 150 valence electrons. The molecule has 0 spiro atoms. The van der Waals surface area contributed by atoms with E-state index in [9.17, 15) is 4.79 Å². The van der Waals surface area contributed by atoms with Gasteiger partial charge in [-0.1, -0.05) is 30.3 Å². The Labute approximate surface area is 171 Å². The molecular formula is C23H25N3O3. The zero-order chi connectivity index (χ0) is 20.3. The monoisotopic (exact) mass is 391 g/mol. The van der Waals surface area contributed by atoms with E-state index in [2.05, 4.69) is 10.3 Å².